The number of nitrogens with zero attached hydrogens (tertiary/aromatic N) is 2. The van der Waals surface area contributed by atoms with E-state index < -0.39 is 17.5 Å². The molecule has 2 aromatic rings. The number of nitrogen functional groups attached to an aromatic ring is 1. The number of nitrogens with two attached hydrogens (primary N) is 1. The van der Waals surface area contributed by atoms with E-state index in [2.05, 4.69) is 20.7 Å². The maximum atomic E-state index is 13.3. The largest absolute Gasteiger partial charge is 0.336 e. The quantitative estimate of drug-likeness (QED) is 0.444. The van der Waals surface area contributed by atoms with Crippen molar-refractivity contribution >= 4 is 17.3 Å². The van der Waals surface area contributed by atoms with Gasteiger partial charge in [-0.1, -0.05) is 0 Å². The lowest BCUT2D eigenvalue weighted by molar-refractivity contribution is 0.496. The van der Waals surface area contributed by atoms with Gasteiger partial charge in [-0.25, -0.2) is 24.0 Å². The van der Waals surface area contributed by atoms with Crippen molar-refractivity contribution in [3.05, 3.63) is 42.0 Å². The summed E-state index contributed by atoms with van der Waals surface area (Å²) in [5, 5.41) is 2.46. The highest BCUT2D eigenvalue weighted by Crippen LogP contribution is 2.21. The average Bonchev–Trinajstić information content (AvgIpc) is 2.36. The fraction of sp³-hybridized carbons (Fsp3) is 0. The number of rotatable bonds is 3. The van der Waals surface area contributed by atoms with Crippen LogP contribution in [0.4, 0.5) is 30.5 Å². The minimum absolute atomic E-state index is 0.135. The predicted octanol–water partition coefficient (Wildman–Crippen LogP) is 1.92. The van der Waals surface area contributed by atoms with Crippen LogP contribution in [0.15, 0.2) is 24.5 Å². The van der Waals surface area contributed by atoms with E-state index in [4.69, 9.17) is 5.84 Å². The first-order valence-corrected chi connectivity index (χ1v) is 4.80. The van der Waals surface area contributed by atoms with Crippen molar-refractivity contribution in [2.24, 2.45) is 5.84 Å². The Morgan fingerprint density at radius 3 is 2.33 bits per heavy atom. The van der Waals surface area contributed by atoms with Crippen LogP contribution in [0.25, 0.3) is 0 Å². The SMILES string of the molecule is NNc1cncc(Nc2cc(F)c(F)cc2F)n1. The molecule has 2 rings (SSSR count). The molecule has 0 spiro atoms. The van der Waals surface area contributed by atoms with Crippen molar-refractivity contribution in [3.8, 4) is 0 Å². The molecule has 0 unspecified atom stereocenters. The maximum absolute atomic E-state index is 13.3. The number of halogens is 3. The number of hydrazine groups is 1. The molecule has 0 aliphatic carbocycles. The molecule has 0 saturated heterocycles. The molecule has 0 amide bonds. The zero-order valence-electron chi connectivity index (χ0n) is 8.92. The number of nitrogens with one attached hydrogen (secondary N) is 2. The highest BCUT2D eigenvalue weighted by molar-refractivity contribution is 5.57. The Morgan fingerprint density at radius 2 is 1.61 bits per heavy atom. The summed E-state index contributed by atoms with van der Waals surface area (Å²) in [7, 11) is 0. The van der Waals surface area contributed by atoms with Gasteiger partial charge in [0.1, 0.15) is 5.82 Å². The van der Waals surface area contributed by atoms with Crippen LogP contribution in [0.3, 0.4) is 0 Å². The molecule has 0 bridgehead atoms. The van der Waals surface area contributed by atoms with Crippen LogP contribution in [0.5, 0.6) is 0 Å². The molecule has 18 heavy (non-hydrogen) atoms. The molecule has 94 valence electrons. The highest BCUT2D eigenvalue weighted by Gasteiger charge is 2.10. The Hall–Kier alpha value is -2.35. The lowest BCUT2D eigenvalue weighted by Gasteiger charge is -2.08. The van der Waals surface area contributed by atoms with Crippen LogP contribution in [-0.2, 0) is 0 Å². The topological polar surface area (TPSA) is 75.9 Å². The second-order valence-electron chi connectivity index (χ2n) is 3.31. The molecule has 4 N–H and O–H groups in total. The van der Waals surface area contributed by atoms with E-state index >= 15 is 0 Å². The van der Waals surface area contributed by atoms with Crippen molar-refractivity contribution in [2.45, 2.75) is 0 Å². The monoisotopic (exact) mass is 255 g/mol. The first kappa shape index (κ1) is 12.1. The van der Waals surface area contributed by atoms with Gasteiger partial charge in [0.2, 0.25) is 0 Å². The van der Waals surface area contributed by atoms with Crippen LogP contribution in [0.2, 0.25) is 0 Å². The number of hydrogen-bond donors (Lipinski definition) is 3. The number of anilines is 3. The minimum Gasteiger partial charge on any atom is -0.336 e. The summed E-state index contributed by atoms with van der Waals surface area (Å²) < 4.78 is 39.0. The van der Waals surface area contributed by atoms with Gasteiger partial charge in [0.05, 0.1) is 18.1 Å². The van der Waals surface area contributed by atoms with Crippen LogP contribution in [-0.4, -0.2) is 9.97 Å². The average molecular weight is 255 g/mol. The van der Waals surface area contributed by atoms with Gasteiger partial charge in [-0.3, -0.25) is 4.98 Å². The summed E-state index contributed by atoms with van der Waals surface area (Å²) in [6, 6.07) is 1.13. The zero-order chi connectivity index (χ0) is 13.1. The first-order chi connectivity index (χ1) is 8.60. The summed E-state index contributed by atoms with van der Waals surface area (Å²) in [5.41, 5.74) is 1.99. The van der Waals surface area contributed by atoms with Crippen molar-refractivity contribution in [3.63, 3.8) is 0 Å². The molecule has 5 nitrogen and oxygen atoms in total. The molecule has 1 aromatic heterocycles. The van der Waals surface area contributed by atoms with E-state index in [1.165, 1.54) is 12.4 Å². The summed E-state index contributed by atoms with van der Waals surface area (Å²) in [6.45, 7) is 0. The van der Waals surface area contributed by atoms with Gasteiger partial charge in [-0.15, -0.1) is 0 Å². The predicted molar refractivity (Wildman–Crippen MR) is 59.4 cm³/mol. The van der Waals surface area contributed by atoms with E-state index in [1.807, 2.05) is 0 Å². The molecule has 8 heteroatoms. The Morgan fingerprint density at radius 1 is 0.944 bits per heavy atom. The Kier molecular flexibility index (Phi) is 3.28. The van der Waals surface area contributed by atoms with E-state index in [0.717, 1.165) is 0 Å². The van der Waals surface area contributed by atoms with Crippen LogP contribution < -0.4 is 16.6 Å². The van der Waals surface area contributed by atoms with Gasteiger partial charge < -0.3 is 10.7 Å². The van der Waals surface area contributed by atoms with E-state index in [0.29, 0.717) is 12.1 Å². The number of hydrogen-bond acceptors (Lipinski definition) is 5. The second-order valence-corrected chi connectivity index (χ2v) is 3.31. The molecule has 0 aliphatic rings. The van der Waals surface area contributed by atoms with E-state index in [1.54, 1.807) is 0 Å². The highest BCUT2D eigenvalue weighted by atomic mass is 19.2. The van der Waals surface area contributed by atoms with Crippen LogP contribution >= 0.6 is 0 Å². The fourth-order valence-corrected chi connectivity index (χ4v) is 1.25. The number of benzene rings is 1. The molecule has 0 saturated carbocycles. The fourth-order valence-electron chi connectivity index (χ4n) is 1.25. The molecule has 1 heterocycles. The van der Waals surface area contributed by atoms with Gasteiger partial charge in [0.15, 0.2) is 23.3 Å². The summed E-state index contributed by atoms with van der Waals surface area (Å²) in [6.07, 6.45) is 2.62. The molecule has 0 fully saturated rings. The molecule has 0 atom stereocenters. The number of aromatic nitrogens is 2. The van der Waals surface area contributed by atoms with Gasteiger partial charge >= 0.3 is 0 Å². The smallest absolute Gasteiger partial charge is 0.161 e. The molecular weight excluding hydrogens is 247 g/mol. The van der Waals surface area contributed by atoms with Gasteiger partial charge in [0.25, 0.3) is 0 Å². The molecule has 0 aliphatic heterocycles. The molecule has 0 radical (unpaired) electrons. The van der Waals surface area contributed by atoms with Crippen LogP contribution in [0, 0.1) is 17.5 Å². The van der Waals surface area contributed by atoms with Crippen molar-refractivity contribution in [1.82, 2.24) is 9.97 Å². The summed E-state index contributed by atoms with van der Waals surface area (Å²) in [5.74, 6) is 2.12. The van der Waals surface area contributed by atoms with Crippen LogP contribution in [0.1, 0.15) is 0 Å². The maximum Gasteiger partial charge on any atom is 0.161 e. The van der Waals surface area contributed by atoms with Crippen molar-refractivity contribution < 1.29 is 13.2 Å². The third-order valence-electron chi connectivity index (χ3n) is 2.06. The van der Waals surface area contributed by atoms with E-state index in [-0.39, 0.29) is 17.3 Å². The van der Waals surface area contributed by atoms with Gasteiger partial charge in [0, 0.05) is 12.1 Å². The summed E-state index contributed by atoms with van der Waals surface area (Å²) >= 11 is 0. The lowest BCUT2D eigenvalue weighted by Crippen LogP contribution is -2.09. The Balaban J connectivity index is 2.30. The Labute approximate surface area is 99.8 Å². The third-order valence-corrected chi connectivity index (χ3v) is 2.06. The second kappa shape index (κ2) is 4.88. The standard InChI is InChI=1S/C10H8F3N5/c11-5-1-7(13)8(2-6(5)12)16-9-3-15-4-10(17-9)18-14/h1-4H,14H2,(H2,16,17,18). The van der Waals surface area contributed by atoms with Gasteiger partial charge in [-0.05, 0) is 0 Å². The van der Waals surface area contributed by atoms with Crippen molar-refractivity contribution in [1.29, 1.82) is 0 Å². The third kappa shape index (κ3) is 2.48. The lowest BCUT2D eigenvalue weighted by atomic mass is 10.3. The normalized spacial score (nSPS) is 10.2. The van der Waals surface area contributed by atoms with Gasteiger partial charge in [-0.2, -0.15) is 0 Å². The Bertz CT molecular complexity index is 575. The van der Waals surface area contributed by atoms with Crippen molar-refractivity contribution in [2.75, 3.05) is 10.7 Å². The summed E-state index contributed by atoms with van der Waals surface area (Å²) in [4.78, 5) is 7.65. The zero-order valence-corrected chi connectivity index (χ0v) is 8.92. The van der Waals surface area contributed by atoms with E-state index in [9.17, 15) is 13.2 Å². The first-order valence-electron chi connectivity index (χ1n) is 4.80. The molecule has 1 aromatic carbocycles. The molecular formula is C10H8F3N5. The minimum atomic E-state index is -1.26.